The number of benzene rings is 2. The third kappa shape index (κ3) is 8.43. The van der Waals surface area contributed by atoms with Crippen LogP contribution in [0.4, 0.5) is 4.39 Å². The number of hydrogen-bond donors (Lipinski definition) is 2. The zero-order valence-electron chi connectivity index (χ0n) is 20.0. The van der Waals surface area contributed by atoms with Crippen molar-refractivity contribution < 1.29 is 33.2 Å². The number of carbonyl (C=O) groups is 1. The predicted molar refractivity (Wildman–Crippen MR) is 129 cm³/mol. The molecule has 0 saturated carbocycles. The Bertz CT molecular complexity index is 921. The number of allylic oxidation sites excluding steroid dienone is 1. The van der Waals surface area contributed by atoms with E-state index in [1.54, 1.807) is 12.1 Å². The average molecular weight is 488 g/mol. The molecule has 8 heteroatoms. The first kappa shape index (κ1) is 26.8. The summed E-state index contributed by atoms with van der Waals surface area (Å²) in [6, 6.07) is 15.9. The summed E-state index contributed by atoms with van der Waals surface area (Å²) in [6.45, 7) is 4.17. The monoisotopic (exact) mass is 487 g/mol. The molecule has 2 N–H and O–H groups in total. The standard InChI is InChI=1S/C27H34FNO6/c1-2-34-27-23(12-14-32-16-17-33-15-13-30)24(21-6-4-3-5-7-21)18-25(35-27)26(31)29-19-20-8-10-22(28)11-9-20/h3-11,18,23-24,27,30H,2,12-17,19H2,1H3,(H,29,31)/t23-,24-,27-/m1/s1. The number of aliphatic hydroxyl groups excluding tert-OH is 1. The molecule has 1 heterocycles. The van der Waals surface area contributed by atoms with Gasteiger partial charge in [-0.3, -0.25) is 4.79 Å². The molecule has 7 nitrogen and oxygen atoms in total. The van der Waals surface area contributed by atoms with Gasteiger partial charge in [-0.15, -0.1) is 0 Å². The molecule has 0 spiro atoms. The van der Waals surface area contributed by atoms with E-state index in [1.165, 1.54) is 12.1 Å². The molecule has 0 bridgehead atoms. The lowest BCUT2D eigenvalue weighted by molar-refractivity contribution is -0.168. The van der Waals surface area contributed by atoms with Crippen molar-refractivity contribution in [2.24, 2.45) is 5.92 Å². The van der Waals surface area contributed by atoms with Crippen LogP contribution >= 0.6 is 0 Å². The Morgan fingerprint density at radius 3 is 2.43 bits per heavy atom. The third-order valence-electron chi connectivity index (χ3n) is 5.69. The lowest BCUT2D eigenvalue weighted by atomic mass is 9.81. The number of ether oxygens (including phenoxy) is 4. The Morgan fingerprint density at radius 2 is 1.74 bits per heavy atom. The van der Waals surface area contributed by atoms with E-state index in [0.717, 1.165) is 11.1 Å². The molecule has 0 fully saturated rings. The van der Waals surface area contributed by atoms with Gasteiger partial charge in [0.2, 0.25) is 6.29 Å². The quantitative estimate of drug-likeness (QED) is 0.397. The summed E-state index contributed by atoms with van der Waals surface area (Å²) in [6.07, 6.45) is 1.89. The fourth-order valence-corrected chi connectivity index (χ4v) is 3.97. The number of aliphatic hydroxyl groups is 1. The maximum Gasteiger partial charge on any atom is 0.286 e. The van der Waals surface area contributed by atoms with Crippen LogP contribution in [-0.2, 0) is 30.3 Å². The van der Waals surface area contributed by atoms with Crippen LogP contribution in [0.2, 0.25) is 0 Å². The minimum absolute atomic E-state index is 0.0135. The first-order valence-electron chi connectivity index (χ1n) is 12.0. The van der Waals surface area contributed by atoms with Crippen molar-refractivity contribution >= 4 is 5.91 Å². The van der Waals surface area contributed by atoms with Crippen molar-refractivity contribution in [2.45, 2.75) is 32.1 Å². The normalized spacial score (nSPS) is 19.6. The molecule has 3 rings (SSSR count). The van der Waals surface area contributed by atoms with Crippen molar-refractivity contribution in [3.05, 3.63) is 83.4 Å². The largest absolute Gasteiger partial charge is 0.459 e. The number of amides is 1. The van der Waals surface area contributed by atoms with Crippen LogP contribution in [0.15, 0.2) is 66.4 Å². The predicted octanol–water partition coefficient (Wildman–Crippen LogP) is 3.53. The van der Waals surface area contributed by atoms with Crippen molar-refractivity contribution in [2.75, 3.05) is 39.6 Å². The molecule has 2 aromatic rings. The van der Waals surface area contributed by atoms with Gasteiger partial charge in [0, 0.05) is 31.6 Å². The summed E-state index contributed by atoms with van der Waals surface area (Å²) in [5.41, 5.74) is 1.84. The molecule has 3 atom stereocenters. The van der Waals surface area contributed by atoms with Crippen molar-refractivity contribution in [3.63, 3.8) is 0 Å². The molecule has 0 aromatic heterocycles. The summed E-state index contributed by atoms with van der Waals surface area (Å²) in [5, 5.41) is 11.6. The average Bonchev–Trinajstić information content (AvgIpc) is 2.88. The molecule has 0 aliphatic carbocycles. The summed E-state index contributed by atoms with van der Waals surface area (Å²) >= 11 is 0. The number of nitrogens with one attached hydrogen (secondary N) is 1. The van der Waals surface area contributed by atoms with Gasteiger partial charge in [0.15, 0.2) is 5.76 Å². The van der Waals surface area contributed by atoms with Crippen LogP contribution in [-0.4, -0.2) is 56.9 Å². The lowest BCUT2D eigenvalue weighted by Crippen LogP contribution is -2.39. The minimum atomic E-state index is -0.615. The number of carbonyl (C=O) groups excluding carboxylic acids is 1. The highest BCUT2D eigenvalue weighted by Gasteiger charge is 2.37. The Hall–Kier alpha value is -2.78. The SMILES string of the molecule is CCO[C@@H]1OC(C(=O)NCc2ccc(F)cc2)=C[C@H](c2ccccc2)[C@H]1CCOCCOCCO. The van der Waals surface area contributed by atoms with E-state index in [0.29, 0.717) is 39.5 Å². The number of halogens is 1. The van der Waals surface area contributed by atoms with Gasteiger partial charge in [-0.25, -0.2) is 4.39 Å². The highest BCUT2D eigenvalue weighted by molar-refractivity contribution is 5.91. The lowest BCUT2D eigenvalue weighted by Gasteiger charge is -2.37. The van der Waals surface area contributed by atoms with E-state index >= 15 is 0 Å². The zero-order valence-corrected chi connectivity index (χ0v) is 20.0. The van der Waals surface area contributed by atoms with Crippen molar-refractivity contribution in [1.82, 2.24) is 5.32 Å². The molecule has 1 aliphatic heterocycles. The van der Waals surface area contributed by atoms with Crippen LogP contribution in [0.3, 0.4) is 0 Å². The summed E-state index contributed by atoms with van der Waals surface area (Å²) < 4.78 is 36.1. The summed E-state index contributed by atoms with van der Waals surface area (Å²) in [5.74, 6) is -0.646. The van der Waals surface area contributed by atoms with Crippen LogP contribution in [0, 0.1) is 11.7 Å². The minimum Gasteiger partial charge on any atom is -0.459 e. The highest BCUT2D eigenvalue weighted by Crippen LogP contribution is 2.38. The molecule has 190 valence electrons. The summed E-state index contributed by atoms with van der Waals surface area (Å²) in [4.78, 5) is 13.0. The van der Waals surface area contributed by atoms with Gasteiger partial charge in [-0.1, -0.05) is 42.5 Å². The van der Waals surface area contributed by atoms with Gasteiger partial charge in [0.05, 0.1) is 26.4 Å². The van der Waals surface area contributed by atoms with Crippen LogP contribution in [0.25, 0.3) is 0 Å². The topological polar surface area (TPSA) is 86.3 Å². The second-order valence-electron chi connectivity index (χ2n) is 8.12. The highest BCUT2D eigenvalue weighted by atomic mass is 19.1. The Balaban J connectivity index is 1.70. The molecule has 0 saturated heterocycles. The Kier molecular flexibility index (Phi) is 11.2. The number of hydrogen-bond acceptors (Lipinski definition) is 6. The van der Waals surface area contributed by atoms with Gasteiger partial charge in [-0.2, -0.15) is 0 Å². The van der Waals surface area contributed by atoms with E-state index in [-0.39, 0.29) is 42.5 Å². The van der Waals surface area contributed by atoms with Crippen molar-refractivity contribution in [3.8, 4) is 0 Å². The van der Waals surface area contributed by atoms with E-state index in [4.69, 9.17) is 24.1 Å². The Morgan fingerprint density at radius 1 is 1.03 bits per heavy atom. The van der Waals surface area contributed by atoms with Gasteiger partial charge in [-0.05, 0) is 42.7 Å². The van der Waals surface area contributed by atoms with Gasteiger partial charge in [0.25, 0.3) is 5.91 Å². The fraction of sp³-hybridized carbons (Fsp3) is 0.444. The second-order valence-corrected chi connectivity index (χ2v) is 8.12. The maximum atomic E-state index is 13.2. The van der Waals surface area contributed by atoms with E-state index in [2.05, 4.69) is 5.32 Å². The van der Waals surface area contributed by atoms with E-state index in [9.17, 15) is 9.18 Å². The molecular formula is C27H34FNO6. The van der Waals surface area contributed by atoms with Gasteiger partial charge < -0.3 is 29.4 Å². The molecule has 1 amide bonds. The molecule has 2 aromatic carbocycles. The molecular weight excluding hydrogens is 453 g/mol. The third-order valence-corrected chi connectivity index (χ3v) is 5.69. The van der Waals surface area contributed by atoms with Gasteiger partial charge in [0.1, 0.15) is 5.82 Å². The van der Waals surface area contributed by atoms with Crippen LogP contribution in [0.1, 0.15) is 30.4 Å². The van der Waals surface area contributed by atoms with Crippen LogP contribution in [0.5, 0.6) is 0 Å². The second kappa shape index (κ2) is 14.6. The maximum absolute atomic E-state index is 13.2. The summed E-state index contributed by atoms with van der Waals surface area (Å²) in [7, 11) is 0. The van der Waals surface area contributed by atoms with E-state index in [1.807, 2.05) is 43.3 Å². The molecule has 0 radical (unpaired) electrons. The molecule has 0 unspecified atom stereocenters. The first-order chi connectivity index (χ1) is 17.1. The Labute approximate surface area is 205 Å². The van der Waals surface area contributed by atoms with Crippen LogP contribution < -0.4 is 5.32 Å². The first-order valence-corrected chi connectivity index (χ1v) is 12.0. The van der Waals surface area contributed by atoms with Gasteiger partial charge >= 0.3 is 0 Å². The molecule has 35 heavy (non-hydrogen) atoms. The fourth-order valence-electron chi connectivity index (χ4n) is 3.97. The van der Waals surface area contributed by atoms with E-state index < -0.39 is 6.29 Å². The zero-order chi connectivity index (χ0) is 24.9. The smallest absolute Gasteiger partial charge is 0.286 e. The molecule has 1 aliphatic rings. The number of rotatable bonds is 14. The van der Waals surface area contributed by atoms with Crippen molar-refractivity contribution in [1.29, 1.82) is 0 Å².